The van der Waals surface area contributed by atoms with Gasteiger partial charge >= 0.3 is 0 Å². The largest absolute Gasteiger partial charge is 0.508 e. The van der Waals surface area contributed by atoms with E-state index in [-0.39, 0.29) is 0 Å². The molecule has 1 aliphatic carbocycles. The average molecular weight is 357 g/mol. The molecule has 2 aromatic rings. The molecule has 0 unspecified atom stereocenters. The Morgan fingerprint density at radius 2 is 1.50 bits per heavy atom. The topological polar surface area (TPSA) is 20.2 Å². The molecule has 1 saturated carbocycles. The summed E-state index contributed by atoms with van der Waals surface area (Å²) in [7, 11) is 0. The number of aromatic hydroxyl groups is 1. The van der Waals surface area contributed by atoms with Gasteiger partial charge in [0, 0.05) is 4.47 Å². The molecule has 1 fully saturated rings. The van der Waals surface area contributed by atoms with Gasteiger partial charge in [-0.05, 0) is 66.6 Å². The van der Waals surface area contributed by atoms with Gasteiger partial charge in [-0.3, -0.25) is 0 Å². The van der Waals surface area contributed by atoms with Crippen LogP contribution in [0.1, 0.15) is 49.7 Å². The van der Waals surface area contributed by atoms with Crippen molar-refractivity contribution in [1.82, 2.24) is 0 Å². The molecule has 0 aliphatic heterocycles. The predicted molar refractivity (Wildman–Crippen MR) is 96.0 cm³/mol. The SMILES string of the molecule is Oc1cccc(C(=C2CCCCCC2)c2ccc(Br)cc2)c1. The Bertz CT molecular complexity index is 660. The van der Waals surface area contributed by atoms with Crippen LogP contribution in [0.5, 0.6) is 5.75 Å². The van der Waals surface area contributed by atoms with Gasteiger partial charge in [-0.25, -0.2) is 0 Å². The maximum Gasteiger partial charge on any atom is 0.116 e. The highest BCUT2D eigenvalue weighted by molar-refractivity contribution is 9.10. The normalized spacial score (nSPS) is 15.4. The second kappa shape index (κ2) is 7.15. The zero-order valence-corrected chi connectivity index (χ0v) is 14.3. The first kappa shape index (κ1) is 15.4. The molecule has 0 spiro atoms. The first-order valence-corrected chi connectivity index (χ1v) is 8.81. The number of allylic oxidation sites excluding steroid dienone is 1. The van der Waals surface area contributed by atoms with Crippen molar-refractivity contribution in [2.24, 2.45) is 0 Å². The van der Waals surface area contributed by atoms with Crippen LogP contribution in [0.2, 0.25) is 0 Å². The average Bonchev–Trinajstić information content (AvgIpc) is 2.79. The third-order valence-electron chi connectivity index (χ3n) is 4.33. The number of phenolic OH excluding ortho intramolecular Hbond substituents is 1. The monoisotopic (exact) mass is 356 g/mol. The fraction of sp³-hybridized carbons (Fsp3) is 0.300. The van der Waals surface area contributed by atoms with Crippen molar-refractivity contribution in [3.05, 3.63) is 69.7 Å². The van der Waals surface area contributed by atoms with Crippen LogP contribution < -0.4 is 0 Å². The molecule has 114 valence electrons. The Hall–Kier alpha value is -1.54. The molecule has 2 aromatic carbocycles. The molecule has 1 aliphatic rings. The van der Waals surface area contributed by atoms with E-state index in [1.54, 1.807) is 6.07 Å². The molecule has 0 atom stereocenters. The maximum absolute atomic E-state index is 9.88. The Morgan fingerprint density at radius 1 is 0.818 bits per heavy atom. The van der Waals surface area contributed by atoms with E-state index < -0.39 is 0 Å². The molecule has 0 amide bonds. The van der Waals surface area contributed by atoms with Gasteiger partial charge in [0.15, 0.2) is 0 Å². The Balaban J connectivity index is 2.13. The third kappa shape index (κ3) is 3.61. The van der Waals surface area contributed by atoms with Crippen molar-refractivity contribution in [3.63, 3.8) is 0 Å². The van der Waals surface area contributed by atoms with Gasteiger partial charge in [0.1, 0.15) is 5.75 Å². The van der Waals surface area contributed by atoms with Crippen LogP contribution in [0.15, 0.2) is 58.6 Å². The summed E-state index contributed by atoms with van der Waals surface area (Å²) in [5, 5.41) is 9.88. The predicted octanol–water partition coefficient (Wildman–Crippen LogP) is 6.31. The molecular weight excluding hydrogens is 336 g/mol. The molecule has 1 N–H and O–H groups in total. The van der Waals surface area contributed by atoms with E-state index in [1.165, 1.54) is 55.2 Å². The minimum Gasteiger partial charge on any atom is -0.508 e. The minimum atomic E-state index is 0.335. The lowest BCUT2D eigenvalue weighted by Crippen LogP contribution is -1.95. The highest BCUT2D eigenvalue weighted by atomic mass is 79.9. The van der Waals surface area contributed by atoms with Crippen LogP contribution >= 0.6 is 15.9 Å². The molecule has 22 heavy (non-hydrogen) atoms. The summed E-state index contributed by atoms with van der Waals surface area (Å²) < 4.78 is 1.09. The molecule has 2 heteroatoms. The van der Waals surface area contributed by atoms with Gasteiger partial charge in [0.05, 0.1) is 0 Å². The quantitative estimate of drug-likeness (QED) is 0.625. The van der Waals surface area contributed by atoms with Crippen LogP contribution in [-0.4, -0.2) is 5.11 Å². The summed E-state index contributed by atoms with van der Waals surface area (Å²) in [4.78, 5) is 0. The first-order valence-electron chi connectivity index (χ1n) is 8.01. The fourth-order valence-corrected chi connectivity index (χ4v) is 3.52. The number of hydrogen-bond donors (Lipinski definition) is 1. The lowest BCUT2D eigenvalue weighted by atomic mass is 9.89. The number of benzene rings is 2. The standard InChI is InChI=1S/C20H21BrO/c21-18-12-10-16(11-13-18)20(15-6-3-1-2-4-7-15)17-8-5-9-19(22)14-17/h5,8-14,22H,1-4,6-7H2. The van der Waals surface area contributed by atoms with Gasteiger partial charge in [-0.15, -0.1) is 0 Å². The van der Waals surface area contributed by atoms with E-state index in [1.807, 2.05) is 12.1 Å². The molecule has 0 saturated heterocycles. The Kier molecular flexibility index (Phi) is 4.99. The number of phenols is 1. The summed E-state index contributed by atoms with van der Waals surface area (Å²) in [6.45, 7) is 0. The molecule has 0 heterocycles. The van der Waals surface area contributed by atoms with E-state index in [4.69, 9.17) is 0 Å². The summed E-state index contributed by atoms with van der Waals surface area (Å²) in [5.74, 6) is 0.335. The maximum atomic E-state index is 9.88. The van der Waals surface area contributed by atoms with Crippen molar-refractivity contribution in [3.8, 4) is 5.75 Å². The second-order valence-electron chi connectivity index (χ2n) is 5.95. The molecule has 3 rings (SSSR count). The van der Waals surface area contributed by atoms with E-state index in [9.17, 15) is 5.11 Å². The lowest BCUT2D eigenvalue weighted by Gasteiger charge is -2.16. The van der Waals surface area contributed by atoms with Crippen molar-refractivity contribution in [2.75, 3.05) is 0 Å². The van der Waals surface area contributed by atoms with E-state index in [2.05, 4.69) is 46.3 Å². The smallest absolute Gasteiger partial charge is 0.116 e. The molecule has 1 nitrogen and oxygen atoms in total. The van der Waals surface area contributed by atoms with E-state index >= 15 is 0 Å². The fourth-order valence-electron chi connectivity index (χ4n) is 3.26. The molecule has 0 bridgehead atoms. The van der Waals surface area contributed by atoms with Crippen LogP contribution in [-0.2, 0) is 0 Å². The highest BCUT2D eigenvalue weighted by Crippen LogP contribution is 2.35. The van der Waals surface area contributed by atoms with Crippen molar-refractivity contribution >= 4 is 21.5 Å². The number of hydrogen-bond acceptors (Lipinski definition) is 1. The zero-order valence-electron chi connectivity index (χ0n) is 12.7. The van der Waals surface area contributed by atoms with Crippen LogP contribution in [0.25, 0.3) is 5.57 Å². The Labute approximate surface area is 140 Å². The third-order valence-corrected chi connectivity index (χ3v) is 4.86. The molecular formula is C20H21BrO. The summed E-state index contributed by atoms with van der Waals surface area (Å²) >= 11 is 3.51. The first-order chi connectivity index (χ1) is 10.7. The van der Waals surface area contributed by atoms with Crippen LogP contribution in [0, 0.1) is 0 Å². The van der Waals surface area contributed by atoms with Crippen molar-refractivity contribution in [1.29, 1.82) is 0 Å². The number of rotatable bonds is 2. The van der Waals surface area contributed by atoms with Crippen molar-refractivity contribution in [2.45, 2.75) is 38.5 Å². The Morgan fingerprint density at radius 3 is 2.14 bits per heavy atom. The van der Waals surface area contributed by atoms with Gasteiger partial charge in [-0.2, -0.15) is 0 Å². The van der Waals surface area contributed by atoms with E-state index in [0.717, 1.165) is 10.0 Å². The minimum absolute atomic E-state index is 0.335. The van der Waals surface area contributed by atoms with Crippen molar-refractivity contribution < 1.29 is 5.11 Å². The van der Waals surface area contributed by atoms with Crippen LogP contribution in [0.3, 0.4) is 0 Å². The summed E-state index contributed by atoms with van der Waals surface area (Å²) in [6, 6.07) is 16.2. The van der Waals surface area contributed by atoms with Gasteiger partial charge in [-0.1, -0.05) is 58.6 Å². The van der Waals surface area contributed by atoms with Crippen LogP contribution in [0.4, 0.5) is 0 Å². The second-order valence-corrected chi connectivity index (χ2v) is 6.87. The molecule has 0 radical (unpaired) electrons. The summed E-state index contributed by atoms with van der Waals surface area (Å²) in [6.07, 6.45) is 7.54. The zero-order chi connectivity index (χ0) is 15.4. The number of halogens is 1. The van der Waals surface area contributed by atoms with Gasteiger partial charge in [0.25, 0.3) is 0 Å². The van der Waals surface area contributed by atoms with Gasteiger partial charge < -0.3 is 5.11 Å². The molecule has 0 aromatic heterocycles. The van der Waals surface area contributed by atoms with Gasteiger partial charge in [0.2, 0.25) is 0 Å². The van der Waals surface area contributed by atoms with E-state index in [0.29, 0.717) is 5.75 Å². The lowest BCUT2D eigenvalue weighted by molar-refractivity contribution is 0.475. The highest BCUT2D eigenvalue weighted by Gasteiger charge is 2.14. The summed E-state index contributed by atoms with van der Waals surface area (Å²) in [5.41, 5.74) is 5.21.